The summed E-state index contributed by atoms with van der Waals surface area (Å²) in [7, 11) is -7.84. The first-order chi connectivity index (χ1) is 8.75. The summed E-state index contributed by atoms with van der Waals surface area (Å²) in [5.41, 5.74) is -5.47. The molecule has 20 heavy (non-hydrogen) atoms. The van der Waals surface area contributed by atoms with Crippen LogP contribution < -0.4 is 9.37 Å². The molecule has 0 heterocycles. The molecule has 1 aromatic rings. The molecule has 1 aromatic carbocycles. The fourth-order valence-corrected chi connectivity index (χ4v) is 5.02. The minimum absolute atomic E-state index is 0.223. The number of benzene rings is 1. The standard InChI is InChI=1S/C10H11ClF3IO3SSi/c1-20(2,3)8-5-6(11)4-7(15)9(8)18-19(16,17)10(12,13)14/h4-5H,1-3H3. The molecule has 0 atom stereocenters. The zero-order valence-electron chi connectivity index (χ0n) is 10.7. The Balaban J connectivity index is 3.47. The minimum Gasteiger partial charge on any atom is -0.375 e. The van der Waals surface area contributed by atoms with E-state index in [1.54, 1.807) is 22.6 Å². The molecule has 3 nitrogen and oxygen atoms in total. The Hall–Kier alpha value is -0.00312. The molecule has 0 unspecified atom stereocenters. The minimum atomic E-state index is -5.69. The van der Waals surface area contributed by atoms with Gasteiger partial charge in [0.1, 0.15) is 0 Å². The number of hydrogen-bond donors (Lipinski definition) is 0. The molecular formula is C10H11ClF3IO3SSi. The van der Waals surface area contributed by atoms with Gasteiger partial charge >= 0.3 is 15.6 Å². The van der Waals surface area contributed by atoms with Crippen LogP contribution in [-0.4, -0.2) is 22.0 Å². The summed E-state index contributed by atoms with van der Waals surface area (Å²) in [6, 6.07) is 2.81. The van der Waals surface area contributed by atoms with Gasteiger partial charge in [-0.05, 0) is 39.9 Å². The quantitative estimate of drug-likeness (QED) is 0.300. The van der Waals surface area contributed by atoms with E-state index in [2.05, 4.69) is 4.18 Å². The van der Waals surface area contributed by atoms with Gasteiger partial charge < -0.3 is 4.18 Å². The van der Waals surface area contributed by atoms with E-state index >= 15 is 0 Å². The highest BCUT2D eigenvalue weighted by Gasteiger charge is 2.49. The molecule has 0 aliphatic carbocycles. The van der Waals surface area contributed by atoms with Crippen molar-refractivity contribution in [3.8, 4) is 5.75 Å². The Morgan fingerprint density at radius 3 is 2.15 bits per heavy atom. The second-order valence-electron chi connectivity index (χ2n) is 5.00. The molecule has 114 valence electrons. The predicted molar refractivity (Wildman–Crippen MR) is 82.8 cm³/mol. The zero-order valence-corrected chi connectivity index (χ0v) is 15.4. The summed E-state index contributed by atoms with van der Waals surface area (Å²) in [4.78, 5) is 0. The van der Waals surface area contributed by atoms with E-state index in [1.165, 1.54) is 12.1 Å². The van der Waals surface area contributed by atoms with Crippen LogP contribution in [0.4, 0.5) is 13.2 Å². The van der Waals surface area contributed by atoms with Crippen molar-refractivity contribution in [3.63, 3.8) is 0 Å². The van der Waals surface area contributed by atoms with Crippen molar-refractivity contribution in [2.45, 2.75) is 25.1 Å². The molecule has 0 aliphatic heterocycles. The molecule has 1 rings (SSSR count). The molecule has 10 heteroatoms. The summed E-state index contributed by atoms with van der Waals surface area (Å²) in [5, 5.41) is 0.741. The monoisotopic (exact) mass is 458 g/mol. The van der Waals surface area contributed by atoms with Crippen LogP contribution in [0, 0.1) is 3.57 Å². The van der Waals surface area contributed by atoms with Gasteiger partial charge in [0.25, 0.3) is 0 Å². The second kappa shape index (κ2) is 5.65. The average molecular weight is 459 g/mol. The molecule has 0 saturated carbocycles. The number of halogens is 5. The van der Waals surface area contributed by atoms with Crippen molar-refractivity contribution in [1.29, 1.82) is 0 Å². The third kappa shape index (κ3) is 4.01. The van der Waals surface area contributed by atoms with Gasteiger partial charge in [-0.25, -0.2) is 0 Å². The highest BCUT2D eigenvalue weighted by molar-refractivity contribution is 14.1. The van der Waals surface area contributed by atoms with Crippen molar-refractivity contribution in [2.75, 3.05) is 0 Å². The number of alkyl halides is 3. The van der Waals surface area contributed by atoms with E-state index in [-0.39, 0.29) is 9.32 Å². The van der Waals surface area contributed by atoms with Crippen LogP contribution in [0.1, 0.15) is 0 Å². The first kappa shape index (κ1) is 18.0. The Kier molecular flexibility index (Phi) is 5.10. The molecule has 0 aliphatic rings. The summed E-state index contributed by atoms with van der Waals surface area (Å²) < 4.78 is 64.2. The van der Waals surface area contributed by atoms with Crippen LogP contribution in [0.2, 0.25) is 24.7 Å². The fourth-order valence-electron chi connectivity index (χ4n) is 1.36. The van der Waals surface area contributed by atoms with Crippen LogP contribution >= 0.6 is 34.2 Å². The van der Waals surface area contributed by atoms with Gasteiger partial charge in [0.2, 0.25) is 0 Å². The van der Waals surface area contributed by atoms with E-state index in [1.807, 2.05) is 19.6 Å². The Bertz CT molecular complexity index is 626. The van der Waals surface area contributed by atoms with Crippen LogP contribution in [-0.2, 0) is 10.1 Å². The van der Waals surface area contributed by atoms with E-state index in [0.29, 0.717) is 10.2 Å². The second-order valence-corrected chi connectivity index (χ2v) is 13.2. The van der Waals surface area contributed by atoms with E-state index in [0.717, 1.165) is 0 Å². The predicted octanol–water partition coefficient (Wildman–Crippen LogP) is 3.72. The smallest absolute Gasteiger partial charge is 0.375 e. The maximum Gasteiger partial charge on any atom is 0.534 e. The van der Waals surface area contributed by atoms with Crippen molar-refractivity contribution in [3.05, 3.63) is 20.7 Å². The molecular weight excluding hydrogens is 448 g/mol. The molecule has 0 aromatic heterocycles. The molecule has 0 spiro atoms. The van der Waals surface area contributed by atoms with Gasteiger partial charge in [-0.1, -0.05) is 31.2 Å². The van der Waals surface area contributed by atoms with Crippen molar-refractivity contribution in [1.82, 2.24) is 0 Å². The van der Waals surface area contributed by atoms with E-state index in [9.17, 15) is 21.6 Å². The van der Waals surface area contributed by atoms with E-state index in [4.69, 9.17) is 11.6 Å². The highest BCUT2D eigenvalue weighted by atomic mass is 127. The lowest BCUT2D eigenvalue weighted by atomic mass is 10.3. The van der Waals surface area contributed by atoms with Gasteiger partial charge in [-0.15, -0.1) is 0 Å². The highest BCUT2D eigenvalue weighted by Crippen LogP contribution is 2.31. The van der Waals surface area contributed by atoms with Gasteiger partial charge in [-0.2, -0.15) is 21.6 Å². The number of rotatable bonds is 3. The SMILES string of the molecule is C[Si](C)(C)c1cc(Cl)cc(I)c1OS(=O)(=O)C(F)(F)F. The van der Waals surface area contributed by atoms with Crippen molar-refractivity contribution >= 4 is 57.6 Å². The van der Waals surface area contributed by atoms with E-state index < -0.39 is 23.7 Å². The Morgan fingerprint density at radius 2 is 1.75 bits per heavy atom. The van der Waals surface area contributed by atoms with Gasteiger partial charge in [-0.3, -0.25) is 0 Å². The molecule has 0 N–H and O–H groups in total. The van der Waals surface area contributed by atoms with Gasteiger partial charge in [0.15, 0.2) is 5.75 Å². The summed E-state index contributed by atoms with van der Waals surface area (Å²) in [6.07, 6.45) is 0. The Labute approximate surface area is 134 Å². The van der Waals surface area contributed by atoms with Crippen molar-refractivity contribution in [2.24, 2.45) is 0 Å². The topological polar surface area (TPSA) is 43.4 Å². The van der Waals surface area contributed by atoms with Gasteiger partial charge in [0.05, 0.1) is 11.6 Å². The van der Waals surface area contributed by atoms with Crippen LogP contribution in [0.5, 0.6) is 5.75 Å². The normalized spacial score (nSPS) is 13.4. The Morgan fingerprint density at radius 1 is 1.25 bits per heavy atom. The summed E-state index contributed by atoms with van der Waals surface area (Å²) in [6.45, 7) is 5.55. The van der Waals surface area contributed by atoms with Gasteiger partial charge in [0, 0.05) is 5.02 Å². The molecule has 0 radical (unpaired) electrons. The lowest BCUT2D eigenvalue weighted by Gasteiger charge is -2.22. The fraction of sp³-hybridized carbons (Fsp3) is 0.400. The third-order valence-electron chi connectivity index (χ3n) is 2.29. The first-order valence-electron chi connectivity index (χ1n) is 5.26. The van der Waals surface area contributed by atoms with Crippen LogP contribution in [0.15, 0.2) is 12.1 Å². The lowest BCUT2D eigenvalue weighted by molar-refractivity contribution is -0.0500. The maximum atomic E-state index is 12.4. The number of hydrogen-bond acceptors (Lipinski definition) is 3. The first-order valence-corrected chi connectivity index (χ1v) is 11.6. The lowest BCUT2D eigenvalue weighted by Crippen LogP contribution is -2.41. The summed E-state index contributed by atoms with van der Waals surface area (Å²) >= 11 is 7.58. The molecule has 0 fully saturated rings. The largest absolute Gasteiger partial charge is 0.534 e. The van der Waals surface area contributed by atoms with Crippen LogP contribution in [0.25, 0.3) is 0 Å². The summed E-state index contributed by atoms with van der Waals surface area (Å²) in [5.74, 6) is -0.286. The maximum absolute atomic E-state index is 12.4. The average Bonchev–Trinajstić information content (AvgIpc) is 2.18. The third-order valence-corrected chi connectivity index (χ3v) is 6.25. The molecule has 0 amide bonds. The van der Waals surface area contributed by atoms with Crippen molar-refractivity contribution < 1.29 is 25.8 Å². The van der Waals surface area contributed by atoms with Crippen LogP contribution in [0.3, 0.4) is 0 Å². The molecule has 0 saturated heterocycles. The zero-order chi connectivity index (χ0) is 15.9. The molecule has 0 bridgehead atoms.